The number of hydrogen-bond acceptors (Lipinski definition) is 2. The molecular weight excluding hydrogens is 398 g/mol. The van der Waals surface area contributed by atoms with Crippen LogP contribution in [0.15, 0.2) is 46.9 Å². The average Bonchev–Trinajstić information content (AvgIpc) is 3.06. The Bertz CT molecular complexity index is 757. The minimum absolute atomic E-state index is 0.275. The lowest BCUT2D eigenvalue weighted by Crippen LogP contribution is -2.47. The standard InChI is InChI=1S/C21H23BrF2N2/c22-17-4-3-16-7-12-26(20(16)14-17)19-8-10-25(11-9-19)21(24)13-15-1-5-18(23)6-2-15/h1-6,14,19,21H,7-13H2. The van der Waals surface area contributed by atoms with E-state index < -0.39 is 6.30 Å². The molecule has 1 fully saturated rings. The first kappa shape index (κ1) is 17.9. The van der Waals surface area contributed by atoms with Crippen molar-refractivity contribution in [3.63, 3.8) is 0 Å². The van der Waals surface area contributed by atoms with E-state index >= 15 is 0 Å². The molecule has 0 aromatic heterocycles. The van der Waals surface area contributed by atoms with Crippen molar-refractivity contribution in [3.05, 3.63) is 63.9 Å². The van der Waals surface area contributed by atoms with Gasteiger partial charge in [0.05, 0.1) is 0 Å². The van der Waals surface area contributed by atoms with E-state index in [1.165, 1.54) is 23.4 Å². The lowest BCUT2D eigenvalue weighted by Gasteiger charge is -2.39. The quantitative estimate of drug-likeness (QED) is 0.645. The minimum Gasteiger partial charge on any atom is -0.368 e. The first-order valence-corrected chi connectivity index (χ1v) is 10.1. The fraction of sp³-hybridized carbons (Fsp3) is 0.429. The van der Waals surface area contributed by atoms with Crippen molar-refractivity contribution in [2.24, 2.45) is 0 Å². The number of nitrogens with zero attached hydrogens (tertiary/aromatic N) is 2. The van der Waals surface area contributed by atoms with Gasteiger partial charge in [0.25, 0.3) is 0 Å². The lowest BCUT2D eigenvalue weighted by molar-refractivity contribution is 0.0585. The monoisotopic (exact) mass is 420 g/mol. The van der Waals surface area contributed by atoms with Crippen LogP contribution in [0.5, 0.6) is 0 Å². The molecule has 1 unspecified atom stereocenters. The van der Waals surface area contributed by atoms with Crippen LogP contribution < -0.4 is 4.90 Å². The Hall–Kier alpha value is -1.46. The van der Waals surface area contributed by atoms with Crippen molar-refractivity contribution >= 4 is 21.6 Å². The predicted octanol–water partition coefficient (Wildman–Crippen LogP) is 4.95. The number of halogens is 3. The molecule has 26 heavy (non-hydrogen) atoms. The molecule has 0 aliphatic carbocycles. The molecule has 0 bridgehead atoms. The molecule has 2 nitrogen and oxygen atoms in total. The summed E-state index contributed by atoms with van der Waals surface area (Å²) in [6.45, 7) is 2.60. The SMILES string of the molecule is Fc1ccc(CC(F)N2CCC(N3CCc4ccc(Br)cc43)CC2)cc1. The van der Waals surface area contributed by atoms with E-state index in [2.05, 4.69) is 39.0 Å². The summed E-state index contributed by atoms with van der Waals surface area (Å²) < 4.78 is 28.8. The first-order chi connectivity index (χ1) is 12.6. The largest absolute Gasteiger partial charge is 0.368 e. The summed E-state index contributed by atoms with van der Waals surface area (Å²) in [6, 6.07) is 13.2. The number of fused-ring (bicyclic) bond motifs is 1. The zero-order valence-electron chi connectivity index (χ0n) is 14.7. The molecular formula is C21H23BrF2N2. The van der Waals surface area contributed by atoms with E-state index in [1.807, 2.05) is 4.90 Å². The van der Waals surface area contributed by atoms with Crippen molar-refractivity contribution < 1.29 is 8.78 Å². The highest BCUT2D eigenvalue weighted by atomic mass is 79.9. The number of hydrogen-bond donors (Lipinski definition) is 0. The highest BCUT2D eigenvalue weighted by Crippen LogP contribution is 2.35. The number of alkyl halides is 1. The van der Waals surface area contributed by atoms with E-state index in [4.69, 9.17) is 0 Å². The van der Waals surface area contributed by atoms with Crippen LogP contribution in [0, 0.1) is 5.82 Å². The van der Waals surface area contributed by atoms with Gasteiger partial charge in [0.15, 0.2) is 6.30 Å². The summed E-state index contributed by atoms with van der Waals surface area (Å²) in [5.41, 5.74) is 3.59. The van der Waals surface area contributed by atoms with Crippen molar-refractivity contribution in [1.29, 1.82) is 0 Å². The summed E-state index contributed by atoms with van der Waals surface area (Å²) in [7, 11) is 0. The van der Waals surface area contributed by atoms with Crippen molar-refractivity contribution in [2.45, 2.75) is 38.0 Å². The van der Waals surface area contributed by atoms with Gasteiger partial charge in [-0.15, -0.1) is 0 Å². The molecule has 0 spiro atoms. The van der Waals surface area contributed by atoms with E-state index in [1.54, 1.807) is 12.1 Å². The van der Waals surface area contributed by atoms with Gasteiger partial charge in [0.1, 0.15) is 5.82 Å². The van der Waals surface area contributed by atoms with Crippen molar-refractivity contribution in [1.82, 2.24) is 4.90 Å². The predicted molar refractivity (Wildman–Crippen MR) is 105 cm³/mol. The van der Waals surface area contributed by atoms with Crippen LogP contribution in [0.3, 0.4) is 0 Å². The van der Waals surface area contributed by atoms with Crippen LogP contribution >= 0.6 is 15.9 Å². The molecule has 138 valence electrons. The molecule has 0 amide bonds. The molecule has 1 saturated heterocycles. The second-order valence-electron chi connectivity index (χ2n) is 7.25. The van der Waals surface area contributed by atoms with Gasteiger partial charge < -0.3 is 4.90 Å². The second-order valence-corrected chi connectivity index (χ2v) is 8.16. The third kappa shape index (κ3) is 3.79. The summed E-state index contributed by atoms with van der Waals surface area (Å²) >= 11 is 3.57. The van der Waals surface area contributed by atoms with Gasteiger partial charge in [0.2, 0.25) is 0 Å². The van der Waals surface area contributed by atoms with E-state index in [9.17, 15) is 8.78 Å². The third-order valence-corrected chi connectivity index (χ3v) is 6.13. The zero-order valence-corrected chi connectivity index (χ0v) is 16.3. The number of anilines is 1. The second kappa shape index (κ2) is 7.65. The topological polar surface area (TPSA) is 6.48 Å². The van der Waals surface area contributed by atoms with Gasteiger partial charge in [0, 0.05) is 42.3 Å². The van der Waals surface area contributed by atoms with E-state index in [-0.39, 0.29) is 5.82 Å². The Morgan fingerprint density at radius 2 is 1.77 bits per heavy atom. The first-order valence-electron chi connectivity index (χ1n) is 9.28. The van der Waals surface area contributed by atoms with Crippen molar-refractivity contribution in [3.8, 4) is 0 Å². The van der Waals surface area contributed by atoms with E-state index in [0.29, 0.717) is 12.5 Å². The van der Waals surface area contributed by atoms with Crippen LogP contribution in [0.4, 0.5) is 14.5 Å². The maximum atomic E-state index is 14.7. The van der Waals surface area contributed by atoms with Gasteiger partial charge >= 0.3 is 0 Å². The average molecular weight is 421 g/mol. The summed E-state index contributed by atoms with van der Waals surface area (Å²) in [6.07, 6.45) is 2.39. The maximum Gasteiger partial charge on any atom is 0.157 e. The Labute approximate surface area is 161 Å². The van der Waals surface area contributed by atoms with Crippen molar-refractivity contribution in [2.75, 3.05) is 24.5 Å². The Kier molecular flexibility index (Phi) is 5.28. The Balaban J connectivity index is 1.34. The molecule has 0 saturated carbocycles. The number of rotatable bonds is 4. The number of likely N-dealkylation sites (tertiary alicyclic amines) is 1. The third-order valence-electron chi connectivity index (χ3n) is 5.63. The fourth-order valence-corrected chi connectivity index (χ4v) is 4.53. The molecule has 0 N–H and O–H groups in total. The van der Waals surface area contributed by atoms with Crippen LogP contribution in [-0.2, 0) is 12.8 Å². The van der Waals surface area contributed by atoms with Crippen LogP contribution in [0.25, 0.3) is 0 Å². The summed E-state index contributed by atoms with van der Waals surface area (Å²) in [5, 5.41) is 0. The van der Waals surface area contributed by atoms with Gasteiger partial charge in [-0.1, -0.05) is 34.1 Å². The van der Waals surface area contributed by atoms with Gasteiger partial charge in [-0.05, 0) is 54.7 Å². The Morgan fingerprint density at radius 1 is 1.04 bits per heavy atom. The molecule has 2 aromatic carbocycles. The molecule has 0 radical (unpaired) electrons. The molecule has 2 aromatic rings. The Morgan fingerprint density at radius 3 is 2.50 bits per heavy atom. The maximum absolute atomic E-state index is 14.7. The molecule has 1 atom stereocenters. The highest BCUT2D eigenvalue weighted by Gasteiger charge is 2.31. The van der Waals surface area contributed by atoms with Crippen LogP contribution in [0.1, 0.15) is 24.0 Å². The summed E-state index contributed by atoms with van der Waals surface area (Å²) in [4.78, 5) is 4.43. The summed E-state index contributed by atoms with van der Waals surface area (Å²) in [5.74, 6) is -0.275. The molecule has 2 aliphatic rings. The number of piperidine rings is 1. The molecule has 2 aliphatic heterocycles. The molecule has 4 rings (SSSR count). The smallest absolute Gasteiger partial charge is 0.157 e. The van der Waals surface area contributed by atoms with Gasteiger partial charge in [-0.2, -0.15) is 0 Å². The van der Waals surface area contributed by atoms with E-state index in [0.717, 1.165) is 48.9 Å². The highest BCUT2D eigenvalue weighted by molar-refractivity contribution is 9.10. The lowest BCUT2D eigenvalue weighted by atomic mass is 10.0. The number of benzene rings is 2. The molecule has 2 heterocycles. The minimum atomic E-state index is -0.999. The molecule has 5 heteroatoms. The normalized spacial score (nSPS) is 19.6. The zero-order chi connectivity index (χ0) is 18.1. The van der Waals surface area contributed by atoms with Crippen LogP contribution in [0.2, 0.25) is 0 Å². The fourth-order valence-electron chi connectivity index (χ4n) is 4.18. The van der Waals surface area contributed by atoms with Gasteiger partial charge in [-0.25, -0.2) is 8.78 Å². The van der Waals surface area contributed by atoms with Crippen LogP contribution in [-0.4, -0.2) is 36.9 Å². The van der Waals surface area contributed by atoms with Gasteiger partial charge in [-0.3, -0.25) is 4.90 Å².